The van der Waals surface area contributed by atoms with Gasteiger partial charge in [-0.1, -0.05) is 6.07 Å². The number of carbonyl (C=O) groups excluding carboxylic acids is 1. The molecule has 3 heterocycles. The van der Waals surface area contributed by atoms with Gasteiger partial charge in [-0.3, -0.25) is 19.6 Å². The van der Waals surface area contributed by atoms with Gasteiger partial charge in [-0.15, -0.1) is 0 Å². The number of aromatic nitrogens is 1. The van der Waals surface area contributed by atoms with E-state index >= 15 is 0 Å². The third kappa shape index (κ3) is 4.02. The fraction of sp³-hybridized carbons (Fsp3) is 0.625. The molecule has 1 amide bonds. The molecule has 0 saturated carbocycles. The van der Waals surface area contributed by atoms with Crippen LogP contribution in [-0.4, -0.2) is 71.4 Å². The second-order valence-electron chi connectivity index (χ2n) is 5.92. The molecule has 21 heavy (non-hydrogen) atoms. The summed E-state index contributed by atoms with van der Waals surface area (Å²) in [6.07, 6.45) is 3.65. The Bertz CT molecular complexity index is 457. The molecule has 2 saturated heterocycles. The highest BCUT2D eigenvalue weighted by Gasteiger charge is 2.22. The first-order valence-corrected chi connectivity index (χ1v) is 7.94. The molecular formula is C16H24N4O. The van der Waals surface area contributed by atoms with Crippen LogP contribution in [0.5, 0.6) is 0 Å². The molecule has 0 bridgehead atoms. The lowest BCUT2D eigenvalue weighted by Gasteiger charge is -2.35. The number of rotatable bonds is 5. The first-order valence-electron chi connectivity index (χ1n) is 7.94. The van der Waals surface area contributed by atoms with Gasteiger partial charge in [0.15, 0.2) is 0 Å². The zero-order chi connectivity index (χ0) is 14.5. The Hall–Kier alpha value is -1.46. The zero-order valence-electron chi connectivity index (χ0n) is 12.6. The van der Waals surface area contributed by atoms with Gasteiger partial charge in [-0.25, -0.2) is 0 Å². The van der Waals surface area contributed by atoms with E-state index in [9.17, 15) is 4.79 Å². The number of likely N-dealkylation sites (tertiary alicyclic amines) is 1. The number of amides is 1. The molecule has 5 heteroatoms. The molecule has 1 aromatic heterocycles. The zero-order valence-corrected chi connectivity index (χ0v) is 12.6. The third-order valence-electron chi connectivity index (χ3n) is 4.43. The van der Waals surface area contributed by atoms with E-state index in [1.165, 1.54) is 0 Å². The molecule has 0 aliphatic carbocycles. The fourth-order valence-corrected chi connectivity index (χ4v) is 3.09. The Morgan fingerprint density at radius 2 is 1.81 bits per heavy atom. The largest absolute Gasteiger partial charge is 0.341 e. The quantitative estimate of drug-likeness (QED) is 0.804. The van der Waals surface area contributed by atoms with Crippen LogP contribution in [0.3, 0.4) is 0 Å². The monoisotopic (exact) mass is 288 g/mol. The molecule has 0 atom stereocenters. The second kappa shape index (κ2) is 7.00. The van der Waals surface area contributed by atoms with E-state index in [4.69, 9.17) is 0 Å². The number of carbonyl (C=O) groups is 1. The molecule has 2 aliphatic heterocycles. The van der Waals surface area contributed by atoms with Crippen LogP contribution in [0.25, 0.3) is 0 Å². The molecule has 2 aliphatic rings. The molecule has 0 aromatic carbocycles. The summed E-state index contributed by atoms with van der Waals surface area (Å²) in [5, 5.41) is 0. The maximum absolute atomic E-state index is 11.6. The normalized spacial score (nSPS) is 21.1. The molecule has 0 N–H and O–H groups in total. The van der Waals surface area contributed by atoms with Gasteiger partial charge in [0.25, 0.3) is 0 Å². The van der Waals surface area contributed by atoms with E-state index in [0.29, 0.717) is 5.91 Å². The van der Waals surface area contributed by atoms with Crippen molar-refractivity contribution < 1.29 is 4.79 Å². The SMILES string of the molecule is O=C1CCCN1CCN1CCN(Cc2ccccn2)CC1. The fourth-order valence-electron chi connectivity index (χ4n) is 3.09. The predicted molar refractivity (Wildman–Crippen MR) is 81.8 cm³/mol. The number of hydrogen-bond acceptors (Lipinski definition) is 4. The lowest BCUT2D eigenvalue weighted by atomic mass is 10.2. The summed E-state index contributed by atoms with van der Waals surface area (Å²) >= 11 is 0. The van der Waals surface area contributed by atoms with Crippen molar-refractivity contribution >= 4 is 5.91 Å². The first kappa shape index (κ1) is 14.5. The van der Waals surface area contributed by atoms with E-state index in [-0.39, 0.29) is 0 Å². The van der Waals surface area contributed by atoms with Crippen LogP contribution in [-0.2, 0) is 11.3 Å². The average Bonchev–Trinajstić information content (AvgIpc) is 2.93. The van der Waals surface area contributed by atoms with Crippen molar-refractivity contribution in [2.45, 2.75) is 19.4 Å². The average molecular weight is 288 g/mol. The Kier molecular flexibility index (Phi) is 4.83. The smallest absolute Gasteiger partial charge is 0.222 e. The lowest BCUT2D eigenvalue weighted by molar-refractivity contribution is -0.127. The molecule has 1 aromatic rings. The molecular weight excluding hydrogens is 264 g/mol. The summed E-state index contributed by atoms with van der Waals surface area (Å²) in [5.74, 6) is 0.337. The van der Waals surface area contributed by atoms with Crippen LogP contribution >= 0.6 is 0 Å². The molecule has 3 rings (SSSR count). The second-order valence-corrected chi connectivity index (χ2v) is 5.92. The van der Waals surface area contributed by atoms with E-state index in [1.807, 2.05) is 23.2 Å². The number of pyridine rings is 1. The highest BCUT2D eigenvalue weighted by atomic mass is 16.2. The van der Waals surface area contributed by atoms with E-state index in [2.05, 4.69) is 20.9 Å². The molecule has 0 spiro atoms. The molecule has 5 nitrogen and oxygen atoms in total. The van der Waals surface area contributed by atoms with Crippen LogP contribution in [0.15, 0.2) is 24.4 Å². The van der Waals surface area contributed by atoms with Crippen molar-refractivity contribution in [1.82, 2.24) is 19.7 Å². The highest BCUT2D eigenvalue weighted by Crippen LogP contribution is 2.10. The van der Waals surface area contributed by atoms with Crippen LogP contribution in [0.1, 0.15) is 18.5 Å². The van der Waals surface area contributed by atoms with E-state index in [1.54, 1.807) is 0 Å². The van der Waals surface area contributed by atoms with Crippen LogP contribution in [0.4, 0.5) is 0 Å². The number of hydrogen-bond donors (Lipinski definition) is 0. The Morgan fingerprint density at radius 3 is 2.48 bits per heavy atom. The van der Waals surface area contributed by atoms with Crippen molar-refractivity contribution in [1.29, 1.82) is 0 Å². The van der Waals surface area contributed by atoms with Gasteiger partial charge >= 0.3 is 0 Å². The van der Waals surface area contributed by atoms with Crippen molar-refractivity contribution in [3.8, 4) is 0 Å². The summed E-state index contributed by atoms with van der Waals surface area (Å²) in [7, 11) is 0. The van der Waals surface area contributed by atoms with E-state index in [0.717, 1.165) is 70.9 Å². The molecule has 2 fully saturated rings. The summed E-state index contributed by atoms with van der Waals surface area (Å²) in [5.41, 5.74) is 1.15. The molecule has 0 radical (unpaired) electrons. The van der Waals surface area contributed by atoms with Gasteiger partial charge in [0.1, 0.15) is 0 Å². The number of piperazine rings is 1. The Morgan fingerprint density at radius 1 is 1.00 bits per heavy atom. The maximum Gasteiger partial charge on any atom is 0.222 e. The summed E-state index contributed by atoms with van der Waals surface area (Å²) in [6, 6.07) is 6.10. The minimum Gasteiger partial charge on any atom is -0.341 e. The lowest BCUT2D eigenvalue weighted by Crippen LogP contribution is -2.48. The van der Waals surface area contributed by atoms with Crippen molar-refractivity contribution in [3.05, 3.63) is 30.1 Å². The number of nitrogens with zero attached hydrogens (tertiary/aromatic N) is 4. The minimum atomic E-state index is 0.337. The first-order chi connectivity index (χ1) is 10.3. The van der Waals surface area contributed by atoms with Gasteiger partial charge in [-0.05, 0) is 18.6 Å². The summed E-state index contributed by atoms with van der Waals surface area (Å²) in [6.45, 7) is 8.18. The predicted octanol–water partition coefficient (Wildman–Crippen LogP) is 0.822. The highest BCUT2D eigenvalue weighted by molar-refractivity contribution is 5.78. The van der Waals surface area contributed by atoms with Gasteiger partial charge in [0.05, 0.1) is 5.69 Å². The van der Waals surface area contributed by atoms with Gasteiger partial charge in [-0.2, -0.15) is 0 Å². The summed E-state index contributed by atoms with van der Waals surface area (Å²) in [4.78, 5) is 22.9. The topological polar surface area (TPSA) is 39.7 Å². The summed E-state index contributed by atoms with van der Waals surface area (Å²) < 4.78 is 0. The van der Waals surface area contributed by atoms with Crippen LogP contribution in [0.2, 0.25) is 0 Å². The Labute approximate surface area is 126 Å². The minimum absolute atomic E-state index is 0.337. The molecule has 114 valence electrons. The van der Waals surface area contributed by atoms with E-state index < -0.39 is 0 Å². The maximum atomic E-state index is 11.6. The standard InChI is InChI=1S/C16H24N4O/c21-16-5-3-7-20(16)13-12-18-8-10-19(11-9-18)14-15-4-1-2-6-17-15/h1-2,4,6H,3,5,7-14H2. The van der Waals surface area contributed by atoms with Gasteiger partial charge < -0.3 is 4.90 Å². The van der Waals surface area contributed by atoms with Gasteiger partial charge in [0, 0.05) is 65.0 Å². The van der Waals surface area contributed by atoms with Crippen molar-refractivity contribution in [3.63, 3.8) is 0 Å². The molecule has 0 unspecified atom stereocenters. The van der Waals surface area contributed by atoms with Crippen LogP contribution < -0.4 is 0 Å². The van der Waals surface area contributed by atoms with Crippen molar-refractivity contribution in [2.24, 2.45) is 0 Å². The Balaban J connectivity index is 1.38. The third-order valence-corrected chi connectivity index (χ3v) is 4.43. The van der Waals surface area contributed by atoms with Crippen molar-refractivity contribution in [2.75, 3.05) is 45.8 Å². The van der Waals surface area contributed by atoms with Gasteiger partial charge in [0.2, 0.25) is 5.91 Å². The van der Waals surface area contributed by atoms with Crippen LogP contribution in [0, 0.1) is 0 Å².